The van der Waals surface area contributed by atoms with Gasteiger partial charge >= 0.3 is 0 Å². The molecule has 0 bridgehead atoms. The molecule has 2 aromatic rings. The van der Waals surface area contributed by atoms with Gasteiger partial charge in [-0.2, -0.15) is 0 Å². The molecule has 28 heavy (non-hydrogen) atoms. The van der Waals surface area contributed by atoms with Gasteiger partial charge in [0.15, 0.2) is 5.11 Å². The van der Waals surface area contributed by atoms with Crippen LogP contribution in [0.25, 0.3) is 6.08 Å². The molecule has 0 saturated carbocycles. The summed E-state index contributed by atoms with van der Waals surface area (Å²) in [6, 6.07) is 12.6. The number of nitrogens with one attached hydrogen (secondary N) is 1. The predicted molar refractivity (Wildman–Crippen MR) is 117 cm³/mol. The molecule has 0 unspecified atom stereocenters. The Morgan fingerprint density at radius 2 is 1.93 bits per heavy atom. The average molecular weight is 457 g/mol. The molecule has 2 aromatic carbocycles. The van der Waals surface area contributed by atoms with Gasteiger partial charge in [0.25, 0.3) is 11.8 Å². The number of halogens is 1. The highest BCUT2D eigenvalue weighted by Crippen LogP contribution is 2.28. The molecule has 1 fully saturated rings. The van der Waals surface area contributed by atoms with Crippen LogP contribution < -0.4 is 15.0 Å². The van der Waals surface area contributed by atoms with E-state index in [1.807, 2.05) is 19.1 Å². The molecule has 1 aliphatic heterocycles. The second-order valence-corrected chi connectivity index (χ2v) is 7.32. The van der Waals surface area contributed by atoms with Gasteiger partial charge in [-0.3, -0.25) is 19.8 Å². The first-order valence-electron chi connectivity index (χ1n) is 8.42. The number of nitrogens with zero attached hydrogens (tertiary/aromatic N) is 1. The van der Waals surface area contributed by atoms with Gasteiger partial charge in [0.2, 0.25) is 0 Å². The topological polar surface area (TPSA) is 58.6 Å². The molecule has 2 amide bonds. The van der Waals surface area contributed by atoms with Crippen molar-refractivity contribution in [1.82, 2.24) is 5.32 Å². The van der Waals surface area contributed by atoms with Gasteiger partial charge in [0.05, 0.1) is 10.2 Å². The minimum atomic E-state index is -0.526. The lowest BCUT2D eigenvalue weighted by atomic mass is 10.1. The van der Waals surface area contributed by atoms with E-state index in [-0.39, 0.29) is 10.7 Å². The molecule has 142 valence electrons. The number of thiocarbonyl (C=S) groups is 1. The SMILES string of the molecule is C=CCOc1ccc(/C=C2\C(=O)NC(=S)N(c3ccc(C)cc3)C2=O)cc1Br. The Morgan fingerprint density at radius 3 is 2.57 bits per heavy atom. The first-order chi connectivity index (χ1) is 13.4. The van der Waals surface area contributed by atoms with Crippen LogP contribution >= 0.6 is 28.1 Å². The summed E-state index contributed by atoms with van der Waals surface area (Å²) in [5.74, 6) is -0.355. The zero-order valence-corrected chi connectivity index (χ0v) is 17.5. The molecule has 1 heterocycles. The Hall–Kier alpha value is -2.77. The van der Waals surface area contributed by atoms with Crippen LogP contribution in [0, 0.1) is 6.92 Å². The fourth-order valence-corrected chi connectivity index (χ4v) is 3.42. The van der Waals surface area contributed by atoms with Crippen LogP contribution in [0.1, 0.15) is 11.1 Å². The third-order valence-electron chi connectivity index (χ3n) is 4.02. The van der Waals surface area contributed by atoms with E-state index >= 15 is 0 Å². The van der Waals surface area contributed by atoms with Crippen molar-refractivity contribution in [2.75, 3.05) is 11.5 Å². The van der Waals surface area contributed by atoms with Crippen LogP contribution in [0.3, 0.4) is 0 Å². The van der Waals surface area contributed by atoms with E-state index in [2.05, 4.69) is 27.8 Å². The van der Waals surface area contributed by atoms with Crippen molar-refractivity contribution in [3.8, 4) is 5.75 Å². The fourth-order valence-electron chi connectivity index (χ4n) is 2.63. The van der Waals surface area contributed by atoms with E-state index in [0.717, 1.165) is 5.56 Å². The van der Waals surface area contributed by atoms with E-state index in [9.17, 15) is 9.59 Å². The normalized spacial score (nSPS) is 15.6. The van der Waals surface area contributed by atoms with Crippen molar-refractivity contribution in [1.29, 1.82) is 0 Å². The second-order valence-electron chi connectivity index (χ2n) is 6.08. The minimum absolute atomic E-state index is 0.000773. The largest absolute Gasteiger partial charge is 0.488 e. The fraction of sp³-hybridized carbons (Fsp3) is 0.0952. The summed E-state index contributed by atoms with van der Waals surface area (Å²) in [7, 11) is 0. The molecular weight excluding hydrogens is 440 g/mol. The lowest BCUT2D eigenvalue weighted by molar-refractivity contribution is -0.122. The number of amides is 2. The molecule has 0 spiro atoms. The lowest BCUT2D eigenvalue weighted by Crippen LogP contribution is -2.54. The monoisotopic (exact) mass is 456 g/mol. The standard InChI is InChI=1S/C21H17BrN2O3S/c1-3-10-27-18-9-6-14(12-17(18)22)11-16-19(25)23-21(28)24(20(16)26)15-7-4-13(2)5-8-15/h3-9,11-12H,1,10H2,2H3,(H,23,25,28)/b16-11+. The Kier molecular flexibility index (Phi) is 6.06. The van der Waals surface area contributed by atoms with Crippen LogP contribution in [0.2, 0.25) is 0 Å². The number of hydrogen-bond donors (Lipinski definition) is 1. The molecular formula is C21H17BrN2O3S. The molecule has 5 nitrogen and oxygen atoms in total. The van der Waals surface area contributed by atoms with Crippen molar-refractivity contribution < 1.29 is 14.3 Å². The van der Waals surface area contributed by atoms with Crippen molar-refractivity contribution in [2.24, 2.45) is 0 Å². The summed E-state index contributed by atoms with van der Waals surface area (Å²) in [6.07, 6.45) is 3.18. The van der Waals surface area contributed by atoms with E-state index < -0.39 is 11.8 Å². The van der Waals surface area contributed by atoms with E-state index in [4.69, 9.17) is 17.0 Å². The third kappa shape index (κ3) is 4.21. The maximum absolute atomic E-state index is 13.0. The molecule has 1 saturated heterocycles. The number of ether oxygens (including phenoxy) is 1. The second kappa shape index (κ2) is 8.50. The summed E-state index contributed by atoms with van der Waals surface area (Å²) >= 11 is 8.64. The third-order valence-corrected chi connectivity index (χ3v) is 4.92. The van der Waals surface area contributed by atoms with Crippen LogP contribution in [0.5, 0.6) is 5.75 Å². The average Bonchev–Trinajstić information content (AvgIpc) is 2.66. The quantitative estimate of drug-likeness (QED) is 0.317. The molecule has 0 atom stereocenters. The van der Waals surface area contributed by atoms with Gasteiger partial charge in [-0.25, -0.2) is 0 Å². The van der Waals surface area contributed by atoms with Gasteiger partial charge in [-0.05, 0) is 71.0 Å². The number of benzene rings is 2. The van der Waals surface area contributed by atoms with E-state index in [1.54, 1.807) is 36.4 Å². The number of carbonyl (C=O) groups excluding carboxylic acids is 2. The first-order valence-corrected chi connectivity index (χ1v) is 9.62. The van der Waals surface area contributed by atoms with Crippen molar-refractivity contribution >= 4 is 56.8 Å². The highest BCUT2D eigenvalue weighted by atomic mass is 79.9. The highest BCUT2D eigenvalue weighted by molar-refractivity contribution is 9.10. The minimum Gasteiger partial charge on any atom is -0.488 e. The van der Waals surface area contributed by atoms with Gasteiger partial charge < -0.3 is 4.74 Å². The predicted octanol–water partition coefficient (Wildman–Crippen LogP) is 4.15. The Bertz CT molecular complexity index is 999. The Balaban J connectivity index is 1.93. The highest BCUT2D eigenvalue weighted by Gasteiger charge is 2.34. The Morgan fingerprint density at radius 1 is 1.21 bits per heavy atom. The smallest absolute Gasteiger partial charge is 0.270 e. The summed E-state index contributed by atoms with van der Waals surface area (Å²) < 4.78 is 6.22. The molecule has 3 rings (SSSR count). The van der Waals surface area contributed by atoms with Crippen molar-refractivity contribution in [2.45, 2.75) is 6.92 Å². The molecule has 0 radical (unpaired) electrons. The van der Waals surface area contributed by atoms with Crippen LogP contribution in [0.15, 0.2) is 65.2 Å². The number of rotatable bonds is 5. The van der Waals surface area contributed by atoms with E-state index in [1.165, 1.54) is 11.0 Å². The maximum Gasteiger partial charge on any atom is 0.270 e. The van der Waals surface area contributed by atoms with Crippen LogP contribution in [0.4, 0.5) is 5.69 Å². The molecule has 7 heteroatoms. The van der Waals surface area contributed by atoms with E-state index in [0.29, 0.717) is 28.1 Å². The van der Waals surface area contributed by atoms with Crippen LogP contribution in [-0.2, 0) is 9.59 Å². The lowest BCUT2D eigenvalue weighted by Gasteiger charge is -2.29. The zero-order valence-electron chi connectivity index (χ0n) is 15.1. The summed E-state index contributed by atoms with van der Waals surface area (Å²) in [6.45, 7) is 5.94. The number of hydrogen-bond acceptors (Lipinski definition) is 4. The van der Waals surface area contributed by atoms with Crippen molar-refractivity contribution in [3.05, 3.63) is 76.3 Å². The van der Waals surface area contributed by atoms with Gasteiger partial charge in [0.1, 0.15) is 17.9 Å². The molecule has 0 aromatic heterocycles. The van der Waals surface area contributed by atoms with Gasteiger partial charge in [-0.1, -0.05) is 36.4 Å². The number of anilines is 1. The number of carbonyl (C=O) groups is 2. The Labute approximate surface area is 176 Å². The van der Waals surface area contributed by atoms with Gasteiger partial charge in [0, 0.05) is 0 Å². The summed E-state index contributed by atoms with van der Waals surface area (Å²) in [5, 5.41) is 2.64. The summed E-state index contributed by atoms with van der Waals surface area (Å²) in [4.78, 5) is 26.7. The number of aryl methyl sites for hydroxylation is 1. The summed E-state index contributed by atoms with van der Waals surface area (Å²) in [5.41, 5.74) is 2.33. The maximum atomic E-state index is 13.0. The van der Waals surface area contributed by atoms with Crippen LogP contribution in [-0.4, -0.2) is 23.5 Å². The first kappa shape index (κ1) is 20.0. The zero-order chi connectivity index (χ0) is 20.3. The molecule has 0 aliphatic carbocycles. The molecule has 1 aliphatic rings. The van der Waals surface area contributed by atoms with Gasteiger partial charge in [-0.15, -0.1) is 0 Å². The molecule has 1 N–H and O–H groups in total. The van der Waals surface area contributed by atoms with Crippen molar-refractivity contribution in [3.63, 3.8) is 0 Å².